The molecule has 0 spiro atoms. The minimum atomic E-state index is 0.469. The van der Waals surface area contributed by atoms with Gasteiger partial charge in [0, 0.05) is 6.92 Å². The molecule has 2 aromatic rings. The van der Waals surface area contributed by atoms with Gasteiger partial charge in [0.2, 0.25) is 6.33 Å². The van der Waals surface area contributed by atoms with Crippen LogP contribution in [0.15, 0.2) is 41.9 Å². The lowest BCUT2D eigenvalue weighted by atomic mass is 9.93. The summed E-state index contributed by atoms with van der Waals surface area (Å²) in [5.74, 6) is 1.93. The molecule has 0 unspecified atom stereocenters. The Morgan fingerprint density at radius 3 is 2.10 bits per heavy atom. The second-order valence-corrected chi connectivity index (χ2v) is 6.24. The topological polar surface area (TPSA) is 21.2 Å². The quantitative estimate of drug-likeness (QED) is 0.458. The summed E-state index contributed by atoms with van der Waals surface area (Å²) in [5.41, 5.74) is 3.77. The lowest BCUT2D eigenvalue weighted by Crippen LogP contribution is -2.24. The zero-order chi connectivity index (χ0) is 15.6. The smallest absolute Gasteiger partial charge is 0.239 e. The normalized spacial score (nSPS) is 12.5. The number of aryl methyl sites for hydroxylation is 1. The SMILES string of the molecule is CC(=Nc1c(C(C)C)cccc1C(C)C)n1cc[n+](C)c1. The molecule has 0 radical (unpaired) electrons. The summed E-state index contributed by atoms with van der Waals surface area (Å²) in [6.45, 7) is 11.0. The van der Waals surface area contributed by atoms with E-state index in [-0.39, 0.29) is 0 Å². The zero-order valence-corrected chi connectivity index (χ0v) is 14.0. The Bertz CT molecular complexity index is 622. The van der Waals surface area contributed by atoms with Crippen molar-refractivity contribution < 1.29 is 4.57 Å². The number of hydrogen-bond acceptors (Lipinski definition) is 1. The maximum Gasteiger partial charge on any atom is 0.249 e. The second kappa shape index (κ2) is 6.25. The van der Waals surface area contributed by atoms with Crippen LogP contribution in [0, 0.1) is 0 Å². The van der Waals surface area contributed by atoms with Crippen molar-refractivity contribution in [2.75, 3.05) is 0 Å². The van der Waals surface area contributed by atoms with Crippen LogP contribution < -0.4 is 4.57 Å². The van der Waals surface area contributed by atoms with E-state index in [0.29, 0.717) is 11.8 Å². The summed E-state index contributed by atoms with van der Waals surface area (Å²) < 4.78 is 4.08. The third-order valence-electron chi connectivity index (χ3n) is 3.76. The van der Waals surface area contributed by atoms with Crippen LogP contribution >= 0.6 is 0 Å². The van der Waals surface area contributed by atoms with Gasteiger partial charge in [-0.1, -0.05) is 45.9 Å². The predicted octanol–water partition coefficient (Wildman–Crippen LogP) is 4.16. The van der Waals surface area contributed by atoms with Crippen molar-refractivity contribution in [1.82, 2.24) is 4.57 Å². The highest BCUT2D eigenvalue weighted by atomic mass is 15.1. The molecule has 0 bridgehead atoms. The highest BCUT2D eigenvalue weighted by Gasteiger charge is 2.14. The lowest BCUT2D eigenvalue weighted by Gasteiger charge is -2.16. The third kappa shape index (κ3) is 3.41. The van der Waals surface area contributed by atoms with Crippen LogP contribution in [0.3, 0.4) is 0 Å². The van der Waals surface area contributed by atoms with Crippen LogP contribution in [0.2, 0.25) is 0 Å². The van der Waals surface area contributed by atoms with Gasteiger partial charge in [0.15, 0.2) is 5.84 Å². The van der Waals surface area contributed by atoms with E-state index in [0.717, 1.165) is 11.5 Å². The molecule has 1 aromatic carbocycles. The molecule has 0 saturated heterocycles. The van der Waals surface area contributed by atoms with Gasteiger partial charge in [-0.05, 0) is 23.0 Å². The Balaban J connectivity index is 2.56. The van der Waals surface area contributed by atoms with Crippen LogP contribution in [0.25, 0.3) is 0 Å². The molecule has 0 aliphatic heterocycles. The first-order valence-electron chi connectivity index (χ1n) is 7.61. The number of aromatic nitrogens is 2. The van der Waals surface area contributed by atoms with Crippen LogP contribution in [-0.2, 0) is 7.05 Å². The zero-order valence-electron chi connectivity index (χ0n) is 14.0. The Labute approximate surface area is 128 Å². The third-order valence-corrected chi connectivity index (χ3v) is 3.76. The highest BCUT2D eigenvalue weighted by molar-refractivity contribution is 5.85. The number of aliphatic imine (C=N–C) groups is 1. The van der Waals surface area contributed by atoms with E-state index in [2.05, 4.69) is 57.4 Å². The maximum atomic E-state index is 4.95. The largest absolute Gasteiger partial charge is 0.249 e. The fourth-order valence-electron chi connectivity index (χ4n) is 2.50. The standard InChI is InChI=1S/C18H26N3/c1-13(2)16-8-7-9-17(14(3)4)18(16)19-15(5)21-11-10-20(6)12-21/h7-14H,1-6H3/q+1. The number of benzene rings is 1. The van der Waals surface area contributed by atoms with E-state index in [9.17, 15) is 0 Å². The van der Waals surface area contributed by atoms with E-state index in [1.54, 1.807) is 0 Å². The number of rotatable bonds is 3. The van der Waals surface area contributed by atoms with Crippen molar-refractivity contribution in [3.63, 3.8) is 0 Å². The van der Waals surface area contributed by atoms with Crippen molar-refractivity contribution >= 4 is 11.5 Å². The van der Waals surface area contributed by atoms with Gasteiger partial charge in [-0.15, -0.1) is 0 Å². The van der Waals surface area contributed by atoms with Crippen molar-refractivity contribution in [3.8, 4) is 0 Å². The van der Waals surface area contributed by atoms with Gasteiger partial charge in [0.05, 0.1) is 12.7 Å². The van der Waals surface area contributed by atoms with Gasteiger partial charge in [-0.25, -0.2) is 9.56 Å². The molecular formula is C18H26N3+. The monoisotopic (exact) mass is 284 g/mol. The minimum Gasteiger partial charge on any atom is -0.239 e. The van der Waals surface area contributed by atoms with Gasteiger partial charge < -0.3 is 0 Å². The number of para-hydroxylation sites is 1. The van der Waals surface area contributed by atoms with Crippen molar-refractivity contribution in [1.29, 1.82) is 0 Å². The maximum absolute atomic E-state index is 4.95. The molecule has 3 nitrogen and oxygen atoms in total. The Morgan fingerprint density at radius 2 is 1.67 bits per heavy atom. The van der Waals surface area contributed by atoms with Gasteiger partial charge in [0.1, 0.15) is 12.4 Å². The molecular weight excluding hydrogens is 258 g/mol. The van der Waals surface area contributed by atoms with E-state index in [1.807, 2.05) is 30.3 Å². The van der Waals surface area contributed by atoms with Crippen LogP contribution in [0.4, 0.5) is 5.69 Å². The van der Waals surface area contributed by atoms with Crippen LogP contribution in [0.1, 0.15) is 57.6 Å². The molecule has 21 heavy (non-hydrogen) atoms. The Kier molecular flexibility index (Phi) is 4.61. The van der Waals surface area contributed by atoms with Crippen molar-refractivity contribution in [3.05, 3.63) is 48.0 Å². The molecule has 0 aliphatic carbocycles. The van der Waals surface area contributed by atoms with Crippen molar-refractivity contribution in [2.24, 2.45) is 12.0 Å². The second-order valence-electron chi connectivity index (χ2n) is 6.24. The predicted molar refractivity (Wildman–Crippen MR) is 88.4 cm³/mol. The molecule has 0 N–H and O–H groups in total. The van der Waals surface area contributed by atoms with E-state index in [1.165, 1.54) is 11.1 Å². The summed E-state index contributed by atoms with van der Waals surface area (Å²) in [6.07, 6.45) is 6.09. The molecule has 0 saturated carbocycles. The average Bonchev–Trinajstić information content (AvgIpc) is 2.85. The molecule has 0 atom stereocenters. The Hall–Kier alpha value is -1.90. The molecule has 0 aliphatic rings. The van der Waals surface area contributed by atoms with Crippen LogP contribution in [0.5, 0.6) is 0 Å². The molecule has 3 heteroatoms. The summed E-state index contributed by atoms with van der Waals surface area (Å²) in [4.78, 5) is 4.95. The first kappa shape index (κ1) is 15.5. The van der Waals surface area contributed by atoms with Gasteiger partial charge in [-0.2, -0.15) is 4.57 Å². The minimum absolute atomic E-state index is 0.469. The molecule has 1 heterocycles. The molecule has 0 amide bonds. The molecule has 2 rings (SSSR count). The average molecular weight is 284 g/mol. The van der Waals surface area contributed by atoms with Gasteiger partial charge >= 0.3 is 0 Å². The summed E-state index contributed by atoms with van der Waals surface area (Å²) in [5, 5.41) is 0. The summed E-state index contributed by atoms with van der Waals surface area (Å²) >= 11 is 0. The lowest BCUT2D eigenvalue weighted by molar-refractivity contribution is -0.670. The molecule has 112 valence electrons. The Morgan fingerprint density at radius 1 is 1.10 bits per heavy atom. The highest BCUT2D eigenvalue weighted by Crippen LogP contribution is 2.34. The van der Waals surface area contributed by atoms with Crippen LogP contribution in [-0.4, -0.2) is 10.4 Å². The summed E-state index contributed by atoms with van der Waals surface area (Å²) in [7, 11) is 2.02. The first-order chi connectivity index (χ1) is 9.90. The number of nitrogens with zero attached hydrogens (tertiary/aromatic N) is 3. The number of imidazole rings is 1. The summed E-state index contributed by atoms with van der Waals surface area (Å²) in [6, 6.07) is 6.53. The first-order valence-corrected chi connectivity index (χ1v) is 7.61. The van der Waals surface area contributed by atoms with Gasteiger partial charge in [0.25, 0.3) is 0 Å². The molecule has 1 aromatic heterocycles. The fourth-order valence-corrected chi connectivity index (χ4v) is 2.50. The van der Waals surface area contributed by atoms with E-state index in [4.69, 9.17) is 4.99 Å². The fraction of sp³-hybridized carbons (Fsp3) is 0.444. The number of hydrogen-bond donors (Lipinski definition) is 0. The van der Waals surface area contributed by atoms with E-state index < -0.39 is 0 Å². The van der Waals surface area contributed by atoms with Crippen molar-refractivity contribution in [2.45, 2.75) is 46.5 Å². The van der Waals surface area contributed by atoms with Gasteiger partial charge in [-0.3, -0.25) is 0 Å². The van der Waals surface area contributed by atoms with E-state index >= 15 is 0 Å². The molecule has 0 fully saturated rings.